The number of ether oxygens (including phenoxy) is 3. The van der Waals surface area contributed by atoms with Crippen molar-refractivity contribution in [3.05, 3.63) is 0 Å². The topological polar surface area (TPSA) is 410 Å². The molecule has 33 heavy (non-hydrogen) atoms. The smallest absolute Gasteiger partial charge is 1.00 e. The molecule has 18 nitrogen and oxygen atoms in total. The molecule has 2 rings (SSSR count). The molecule has 0 aromatic heterocycles. The second-order valence-electron chi connectivity index (χ2n) is 5.53. The monoisotopic (exact) mass is 578 g/mol. The summed E-state index contributed by atoms with van der Waals surface area (Å²) in [4.78, 5) is 0. The largest absolute Gasteiger partial charge is 2.00 e. The average Bonchev–Trinajstić information content (AvgIpc) is 2.55. The number of aliphatic hydroxyl groups excluding tert-OH is 8. The second-order valence-corrected chi connectivity index (χ2v) is 5.53. The fourth-order valence-electron chi connectivity index (χ4n) is 2.57. The van der Waals surface area contributed by atoms with Gasteiger partial charge in [0.05, 0.1) is 13.2 Å². The van der Waals surface area contributed by atoms with E-state index in [0.717, 1.165) is 0 Å². The second kappa shape index (κ2) is 26.2. The van der Waals surface area contributed by atoms with E-state index in [1.54, 1.807) is 0 Å². The molecule has 2 saturated heterocycles. The first-order valence-corrected chi connectivity index (χ1v) is 7.08. The van der Waals surface area contributed by atoms with Gasteiger partial charge in [0.25, 0.3) is 0 Å². The number of hydrogen-bond donors (Lipinski definition) is 8. The maximum absolute atomic E-state index is 9.94. The molecule has 0 aliphatic carbocycles. The number of hydrogen-bond acceptors (Lipinski definition) is 11. The minimum atomic E-state index is -1.74. The molecule has 0 unspecified atom stereocenters. The van der Waals surface area contributed by atoms with Crippen LogP contribution in [0.25, 0.3) is 0 Å². The zero-order chi connectivity index (χ0) is 17.3. The van der Waals surface area contributed by atoms with Crippen LogP contribution in [0.4, 0.5) is 0 Å². The third-order valence-electron chi connectivity index (χ3n) is 3.98. The van der Waals surface area contributed by atoms with Gasteiger partial charge in [0.15, 0.2) is 12.6 Å². The molecule has 2 fully saturated rings. The molecule has 0 radical (unpaired) electrons. The molecule has 0 amide bonds. The summed E-state index contributed by atoms with van der Waals surface area (Å²) in [5.74, 6) is 0. The quantitative estimate of drug-likeness (QED) is 0.144. The summed E-state index contributed by atoms with van der Waals surface area (Å²) in [5.41, 5.74) is 0. The van der Waals surface area contributed by atoms with Crippen molar-refractivity contribution < 1.29 is 118 Å². The van der Waals surface area contributed by atoms with E-state index in [1.165, 1.54) is 0 Å². The number of rotatable bonds is 4. The average molecular weight is 579 g/mol. The van der Waals surface area contributed by atoms with E-state index in [9.17, 15) is 35.7 Å². The van der Waals surface area contributed by atoms with Gasteiger partial charge in [0, 0.05) is 0 Å². The van der Waals surface area contributed by atoms with Crippen molar-refractivity contribution in [2.75, 3.05) is 13.2 Å². The summed E-state index contributed by atoms with van der Waals surface area (Å²) in [6, 6.07) is 0. The molecule has 2 aliphatic heterocycles. The molecule has 22 N–H and O–H groups in total. The number of aliphatic hydroxyl groups is 8. The summed E-state index contributed by atoms with van der Waals surface area (Å²) in [6.07, 6.45) is -15.6. The van der Waals surface area contributed by atoms with E-state index >= 15 is 0 Å². The summed E-state index contributed by atoms with van der Waals surface area (Å²) in [7, 11) is 0. The molecule has 0 aromatic carbocycles. The Morgan fingerprint density at radius 3 is 1.36 bits per heavy atom. The van der Waals surface area contributed by atoms with Crippen LogP contribution in [0.1, 0.15) is 0 Å². The van der Waals surface area contributed by atoms with Crippen molar-refractivity contribution in [2.24, 2.45) is 0 Å². The van der Waals surface area contributed by atoms with Crippen LogP contribution in [0.5, 0.6) is 0 Å². The molecule has 208 valence electrons. The molecule has 0 aromatic rings. The van der Waals surface area contributed by atoms with Crippen LogP contribution in [0.3, 0.4) is 0 Å². The van der Waals surface area contributed by atoms with E-state index in [0.29, 0.717) is 0 Å². The molecule has 10 atom stereocenters. The van der Waals surface area contributed by atoms with Gasteiger partial charge in [-0.15, -0.1) is 0 Å². The van der Waals surface area contributed by atoms with E-state index in [-0.39, 0.29) is 101 Å². The molecule has 21 heteroatoms. The molecular formula is C12H36CaCl2O18. The maximum Gasteiger partial charge on any atom is 2.00 e. The van der Waals surface area contributed by atoms with Gasteiger partial charge >= 0.3 is 37.7 Å². The van der Waals surface area contributed by atoms with Crippen LogP contribution in [0, 0.1) is 0 Å². The SMILES string of the molecule is O.O.O.O.O.O.O.OC[C@H]1O[C@@H](O[C@H]2[C@H](O)[C@@H](O)[C@@H](O)O[C@@H]2CO)[C@H](O)[C@@H](O)[C@H]1O.[Ca+2].[Cl-].[Cl-]. The van der Waals surface area contributed by atoms with Crippen molar-refractivity contribution in [3.8, 4) is 0 Å². The van der Waals surface area contributed by atoms with E-state index < -0.39 is 74.6 Å². The fraction of sp³-hybridized carbons (Fsp3) is 1.00. The van der Waals surface area contributed by atoms with Crippen molar-refractivity contribution in [2.45, 2.75) is 61.4 Å². The van der Waals surface area contributed by atoms with Gasteiger partial charge in [-0.05, 0) is 0 Å². The minimum Gasteiger partial charge on any atom is -1.00 e. The molecule has 2 heterocycles. The van der Waals surface area contributed by atoms with Crippen LogP contribution in [0.15, 0.2) is 0 Å². The first-order valence-electron chi connectivity index (χ1n) is 7.08. The van der Waals surface area contributed by atoms with Crippen LogP contribution >= 0.6 is 0 Å². The predicted octanol–water partition coefficient (Wildman–Crippen LogP) is -17.5. The Bertz CT molecular complexity index is 401. The Morgan fingerprint density at radius 2 is 0.970 bits per heavy atom. The van der Waals surface area contributed by atoms with Gasteiger partial charge in [-0.3, -0.25) is 0 Å². The summed E-state index contributed by atoms with van der Waals surface area (Å²) in [6.45, 7) is -1.35. The Balaban J connectivity index is -0.0000000823. The Kier molecular flexibility index (Phi) is 47.1. The van der Waals surface area contributed by atoms with Crippen LogP contribution in [0.2, 0.25) is 0 Å². The Morgan fingerprint density at radius 1 is 0.545 bits per heavy atom. The fourth-order valence-corrected chi connectivity index (χ4v) is 2.57. The molecule has 2 aliphatic rings. The zero-order valence-electron chi connectivity index (χ0n) is 17.0. The van der Waals surface area contributed by atoms with Crippen LogP contribution in [-0.4, -0.2) is 192 Å². The van der Waals surface area contributed by atoms with Crippen molar-refractivity contribution in [1.82, 2.24) is 0 Å². The van der Waals surface area contributed by atoms with Crippen molar-refractivity contribution >= 4 is 37.7 Å². The summed E-state index contributed by atoms with van der Waals surface area (Å²) in [5, 5.41) is 76.5. The van der Waals surface area contributed by atoms with Gasteiger partial charge in [0.1, 0.15) is 48.8 Å². The van der Waals surface area contributed by atoms with E-state index in [1.807, 2.05) is 0 Å². The molecule has 0 saturated carbocycles. The first-order chi connectivity index (χ1) is 10.8. The summed E-state index contributed by atoms with van der Waals surface area (Å²) >= 11 is 0. The van der Waals surface area contributed by atoms with E-state index in [4.69, 9.17) is 19.3 Å². The third kappa shape index (κ3) is 13.3. The van der Waals surface area contributed by atoms with E-state index in [2.05, 4.69) is 0 Å². The van der Waals surface area contributed by atoms with Crippen molar-refractivity contribution in [1.29, 1.82) is 0 Å². The maximum atomic E-state index is 9.94. The zero-order valence-corrected chi connectivity index (χ0v) is 20.7. The predicted molar refractivity (Wildman–Crippen MR) is 99.7 cm³/mol. The molecule has 0 bridgehead atoms. The standard InChI is InChI=1S/C12H22O11.Ca.2ClH.7H2O/c13-1-3-5(15)6(16)9(19)12(22-3)23-10-4(2-14)21-11(20)8(18)7(10)17;;;;;;;;;;/h3-20H,1-2H2;;2*1H;7*1H2/q;+2;;;;;;;;;/p-2/t3-,4-,5+,6+,7-,8-,9-,10-,11+,12+;;;;;;;;;;/m1........../s1. The van der Waals surface area contributed by atoms with Gasteiger partial charge in [0.2, 0.25) is 0 Å². The third-order valence-corrected chi connectivity index (χ3v) is 3.98. The summed E-state index contributed by atoms with van der Waals surface area (Å²) < 4.78 is 15.3. The first kappa shape index (κ1) is 59.3. The van der Waals surface area contributed by atoms with Crippen LogP contribution in [-0.2, 0) is 14.2 Å². The van der Waals surface area contributed by atoms with Gasteiger partial charge in [-0.1, -0.05) is 0 Å². The Hall–Kier alpha value is 1.12. The normalized spacial score (nSPS) is 36.0. The van der Waals surface area contributed by atoms with Crippen LogP contribution < -0.4 is 24.8 Å². The minimum absolute atomic E-state index is 0. The molecular weight excluding hydrogens is 543 g/mol. The van der Waals surface area contributed by atoms with Gasteiger partial charge < -0.3 is 118 Å². The molecule has 0 spiro atoms. The van der Waals surface area contributed by atoms with Gasteiger partial charge in [-0.2, -0.15) is 0 Å². The van der Waals surface area contributed by atoms with Gasteiger partial charge in [-0.25, -0.2) is 0 Å². The van der Waals surface area contributed by atoms with Crippen molar-refractivity contribution in [3.63, 3.8) is 0 Å². The number of halogens is 2. The Labute approximate surface area is 229 Å².